The molecule has 0 saturated heterocycles. The number of rotatable bonds is 4. The van der Waals surface area contributed by atoms with Crippen molar-refractivity contribution in [3.05, 3.63) is 141 Å². The third-order valence-corrected chi connectivity index (χ3v) is 7.73. The number of halogens is 7. The fourth-order valence-electron chi connectivity index (χ4n) is 4.63. The Kier molecular flexibility index (Phi) is 13.4. The van der Waals surface area contributed by atoms with Gasteiger partial charge in [-0.1, -0.05) is 29.3 Å². The maximum atomic E-state index is 12.9. The molecule has 8 nitrogen and oxygen atoms in total. The summed E-state index contributed by atoms with van der Waals surface area (Å²) in [7, 11) is 0. The smallest absolute Gasteiger partial charge is 0.267 e. The number of aryl methyl sites for hydroxylation is 1. The van der Waals surface area contributed by atoms with Gasteiger partial charge in [0.1, 0.15) is 0 Å². The highest BCUT2D eigenvalue weighted by atomic mass is 35.5. The zero-order valence-electron chi connectivity index (χ0n) is 30.4. The molecule has 4 rings (SSSR count). The van der Waals surface area contributed by atoms with Crippen molar-refractivity contribution in [2.45, 2.75) is 71.9 Å². The van der Waals surface area contributed by atoms with Gasteiger partial charge in [-0.15, -0.1) is 0 Å². The van der Waals surface area contributed by atoms with Crippen LogP contribution in [0.2, 0.25) is 5.02 Å². The Morgan fingerprint density at radius 2 is 0.870 bits per heavy atom. The van der Waals surface area contributed by atoms with Crippen LogP contribution < -0.4 is 10.9 Å². The molecule has 15 heteroatoms. The Morgan fingerprint density at radius 1 is 0.519 bits per heavy atom. The van der Waals surface area contributed by atoms with E-state index in [4.69, 9.17) is 11.6 Å². The predicted octanol–water partition coefficient (Wildman–Crippen LogP) is 9.54. The molecule has 0 aromatic heterocycles. The summed E-state index contributed by atoms with van der Waals surface area (Å²) in [6, 6.07) is 20.6. The molecule has 0 fully saturated rings. The molecule has 0 saturated carbocycles. The van der Waals surface area contributed by atoms with Gasteiger partial charge in [0.15, 0.2) is 0 Å². The largest absolute Gasteiger partial charge is 0.416 e. The molecule has 0 spiro atoms. The summed E-state index contributed by atoms with van der Waals surface area (Å²) in [5.74, 6) is -2.24. The monoisotopic (exact) mass is 776 g/mol. The van der Waals surface area contributed by atoms with E-state index in [0.29, 0.717) is 16.1 Å². The van der Waals surface area contributed by atoms with Crippen LogP contribution in [0.5, 0.6) is 0 Å². The summed E-state index contributed by atoms with van der Waals surface area (Å²) in [6.45, 7) is 12.2. The van der Waals surface area contributed by atoms with Gasteiger partial charge < -0.3 is 0 Å². The summed E-state index contributed by atoms with van der Waals surface area (Å²) in [6.07, 6.45) is -8.97. The van der Waals surface area contributed by atoms with E-state index >= 15 is 0 Å². The van der Waals surface area contributed by atoms with Gasteiger partial charge in [-0.25, -0.2) is 10.0 Å². The molecule has 0 aliphatic rings. The Hall–Kier alpha value is -5.37. The van der Waals surface area contributed by atoms with Crippen molar-refractivity contribution >= 4 is 35.2 Å². The summed E-state index contributed by atoms with van der Waals surface area (Å²) in [5.41, 5.74) is 3.38. The SMILES string of the molecule is CC(C)(C)N(NC(=O)c1ccc(C(F)(F)F)cc1)C(=O)c1ccc(Cl)cc1.Cc1cccc(C(=O)N(NC(=O)c2ccc(C(F)(F)F)cc2)C(C)(C)C)c1. The van der Waals surface area contributed by atoms with E-state index in [1.54, 1.807) is 71.9 Å². The van der Waals surface area contributed by atoms with Crippen LogP contribution in [0, 0.1) is 6.92 Å². The second-order valence-corrected chi connectivity index (χ2v) is 14.5. The first-order valence-electron chi connectivity index (χ1n) is 16.3. The number of hydrazine groups is 2. The second-order valence-electron chi connectivity index (χ2n) is 14.0. The number of carbonyl (C=O) groups excluding carboxylic acids is 4. The highest BCUT2D eigenvalue weighted by Gasteiger charge is 2.33. The van der Waals surface area contributed by atoms with Crippen LogP contribution in [0.4, 0.5) is 26.3 Å². The molecule has 0 bridgehead atoms. The van der Waals surface area contributed by atoms with Gasteiger partial charge in [0, 0.05) is 27.3 Å². The molecule has 0 atom stereocenters. The van der Waals surface area contributed by atoms with Crippen molar-refractivity contribution in [2.24, 2.45) is 0 Å². The average molecular weight is 777 g/mol. The number of benzene rings is 4. The summed E-state index contributed by atoms with van der Waals surface area (Å²) in [4.78, 5) is 50.6. The number of carbonyl (C=O) groups is 4. The summed E-state index contributed by atoms with van der Waals surface area (Å²) in [5, 5.41) is 2.78. The summed E-state index contributed by atoms with van der Waals surface area (Å²) < 4.78 is 75.9. The van der Waals surface area contributed by atoms with Gasteiger partial charge >= 0.3 is 12.4 Å². The predicted molar refractivity (Wildman–Crippen MR) is 192 cm³/mol. The van der Waals surface area contributed by atoms with Crippen LogP contribution >= 0.6 is 11.6 Å². The normalized spacial score (nSPS) is 11.8. The van der Waals surface area contributed by atoms with Gasteiger partial charge in [-0.2, -0.15) is 26.3 Å². The minimum Gasteiger partial charge on any atom is -0.267 e. The van der Waals surface area contributed by atoms with Crippen molar-refractivity contribution in [2.75, 3.05) is 0 Å². The molecule has 2 N–H and O–H groups in total. The molecule has 4 aromatic rings. The van der Waals surface area contributed by atoms with Gasteiger partial charge in [-0.3, -0.25) is 30.0 Å². The third kappa shape index (κ3) is 11.8. The highest BCUT2D eigenvalue weighted by Crippen LogP contribution is 2.30. The van der Waals surface area contributed by atoms with Crippen LogP contribution in [-0.4, -0.2) is 44.7 Å². The standard InChI is InChI=1S/C20H21F3N2O2.C19H18ClF3N2O2/c1-13-6-5-7-15(12-13)18(27)25(19(2,3)4)24-17(26)14-8-10-16(11-9-14)20(21,22)23;1-18(2,3)25(17(27)13-6-10-15(20)11-7-13)24-16(26)12-4-8-14(9-5-12)19(21,22)23/h5-12H,1-4H3,(H,24,26);4-11H,1-3H3,(H,24,26). The Morgan fingerprint density at radius 3 is 1.20 bits per heavy atom. The zero-order chi connectivity index (χ0) is 40.8. The minimum atomic E-state index is -4.49. The number of alkyl halides is 6. The number of nitrogens with one attached hydrogen (secondary N) is 2. The molecule has 288 valence electrons. The number of nitrogens with zero attached hydrogens (tertiary/aromatic N) is 2. The number of amides is 4. The van der Waals surface area contributed by atoms with Crippen LogP contribution in [0.25, 0.3) is 0 Å². The Bertz CT molecular complexity index is 1950. The number of hydrogen-bond donors (Lipinski definition) is 2. The van der Waals surface area contributed by atoms with Gasteiger partial charge in [0.25, 0.3) is 23.6 Å². The lowest BCUT2D eigenvalue weighted by Gasteiger charge is -2.35. The Balaban J connectivity index is 0.000000290. The molecular formula is C39H39ClF6N4O4. The van der Waals surface area contributed by atoms with Crippen molar-refractivity contribution in [1.29, 1.82) is 0 Å². The first-order chi connectivity index (χ1) is 24.8. The average Bonchev–Trinajstić information content (AvgIpc) is 3.07. The maximum Gasteiger partial charge on any atom is 0.416 e. The van der Waals surface area contributed by atoms with Crippen LogP contribution in [-0.2, 0) is 12.4 Å². The molecular weight excluding hydrogens is 738 g/mol. The first kappa shape index (κ1) is 43.0. The van der Waals surface area contributed by atoms with E-state index in [1.807, 2.05) is 13.0 Å². The topological polar surface area (TPSA) is 98.8 Å². The molecule has 4 amide bonds. The number of hydrogen-bond acceptors (Lipinski definition) is 4. The van der Waals surface area contributed by atoms with E-state index in [2.05, 4.69) is 10.9 Å². The lowest BCUT2D eigenvalue weighted by molar-refractivity contribution is -0.138. The van der Waals surface area contributed by atoms with E-state index in [1.165, 1.54) is 17.1 Å². The van der Waals surface area contributed by atoms with Crippen LogP contribution in [0.1, 0.15) is 99.7 Å². The van der Waals surface area contributed by atoms with Crippen LogP contribution in [0.15, 0.2) is 97.1 Å². The lowest BCUT2D eigenvalue weighted by Crippen LogP contribution is -2.55. The minimum absolute atomic E-state index is 0.00107. The fraction of sp³-hybridized carbons (Fsp3) is 0.282. The van der Waals surface area contributed by atoms with E-state index in [9.17, 15) is 45.5 Å². The quantitative estimate of drug-likeness (QED) is 0.159. The highest BCUT2D eigenvalue weighted by molar-refractivity contribution is 6.30. The molecule has 0 aliphatic heterocycles. The van der Waals surface area contributed by atoms with Crippen molar-refractivity contribution in [1.82, 2.24) is 20.9 Å². The molecule has 4 aromatic carbocycles. The van der Waals surface area contributed by atoms with Crippen molar-refractivity contribution < 1.29 is 45.5 Å². The molecule has 0 heterocycles. The van der Waals surface area contributed by atoms with Gasteiger partial charge in [0.2, 0.25) is 0 Å². The molecule has 54 heavy (non-hydrogen) atoms. The third-order valence-electron chi connectivity index (χ3n) is 7.48. The van der Waals surface area contributed by atoms with Crippen molar-refractivity contribution in [3.63, 3.8) is 0 Å². The van der Waals surface area contributed by atoms with E-state index in [-0.39, 0.29) is 11.1 Å². The second kappa shape index (κ2) is 16.8. The molecule has 0 radical (unpaired) electrons. The maximum absolute atomic E-state index is 12.9. The Labute approximate surface area is 314 Å². The lowest BCUT2D eigenvalue weighted by atomic mass is 10.1. The zero-order valence-corrected chi connectivity index (χ0v) is 31.2. The van der Waals surface area contributed by atoms with Crippen molar-refractivity contribution in [3.8, 4) is 0 Å². The van der Waals surface area contributed by atoms with Gasteiger partial charge in [0.05, 0.1) is 22.2 Å². The van der Waals surface area contributed by atoms with E-state index < -0.39 is 58.2 Å². The molecule has 0 aliphatic carbocycles. The first-order valence-corrected chi connectivity index (χ1v) is 16.6. The molecule has 0 unspecified atom stereocenters. The van der Waals surface area contributed by atoms with Crippen LogP contribution in [0.3, 0.4) is 0 Å². The van der Waals surface area contributed by atoms with E-state index in [0.717, 1.165) is 59.1 Å². The fourth-order valence-corrected chi connectivity index (χ4v) is 4.75. The summed E-state index contributed by atoms with van der Waals surface area (Å²) >= 11 is 5.82. The van der Waals surface area contributed by atoms with Gasteiger partial charge in [-0.05, 0) is 133 Å².